The number of benzene rings is 2. The molecule has 2 aromatic carbocycles. The molecule has 0 atom stereocenters. The highest BCUT2D eigenvalue weighted by Crippen LogP contribution is 2.33. The van der Waals surface area contributed by atoms with E-state index in [9.17, 15) is 14.9 Å². The average molecular weight is 421 g/mol. The fourth-order valence-corrected chi connectivity index (χ4v) is 2.88. The molecule has 4 aromatic rings. The van der Waals surface area contributed by atoms with Crippen LogP contribution >= 0.6 is 0 Å². The molecule has 11 heteroatoms. The molecular formula is C20H15N5O6. The molecule has 0 bridgehead atoms. The molecule has 0 spiro atoms. The number of hydrogen-bond acceptors (Lipinski definition) is 10. The van der Waals surface area contributed by atoms with Crippen molar-refractivity contribution in [2.75, 3.05) is 5.73 Å². The zero-order chi connectivity index (χ0) is 22.0. The predicted molar refractivity (Wildman–Crippen MR) is 107 cm³/mol. The molecule has 31 heavy (non-hydrogen) atoms. The van der Waals surface area contributed by atoms with Gasteiger partial charge in [0.05, 0.1) is 16.2 Å². The third-order valence-electron chi connectivity index (χ3n) is 4.38. The minimum Gasteiger partial charge on any atom is -0.452 e. The van der Waals surface area contributed by atoms with E-state index in [2.05, 4.69) is 15.4 Å². The first-order valence-electron chi connectivity index (χ1n) is 8.99. The predicted octanol–water partition coefficient (Wildman–Crippen LogP) is 3.55. The highest BCUT2D eigenvalue weighted by atomic mass is 16.6. The molecule has 0 radical (unpaired) electrons. The summed E-state index contributed by atoms with van der Waals surface area (Å²) >= 11 is 0. The molecule has 2 aromatic heterocycles. The van der Waals surface area contributed by atoms with Crippen molar-refractivity contribution in [1.29, 1.82) is 0 Å². The number of carbonyl (C=O) groups is 1. The van der Waals surface area contributed by atoms with Crippen LogP contribution in [0.3, 0.4) is 0 Å². The molecule has 0 fully saturated rings. The lowest BCUT2D eigenvalue weighted by Crippen LogP contribution is -2.08. The third kappa shape index (κ3) is 3.96. The summed E-state index contributed by atoms with van der Waals surface area (Å²) in [5.41, 5.74) is 7.30. The minimum atomic E-state index is -0.779. The quantitative estimate of drug-likeness (QED) is 0.211. The molecule has 0 unspecified atom stereocenters. The Labute approximate surface area is 174 Å². The van der Waals surface area contributed by atoms with Crippen LogP contribution in [-0.4, -0.2) is 26.2 Å². The number of non-ortho nitro benzene ring substituents is 1. The first-order chi connectivity index (χ1) is 14.9. The molecular weight excluding hydrogens is 406 g/mol. The van der Waals surface area contributed by atoms with Gasteiger partial charge in [0.15, 0.2) is 6.61 Å². The van der Waals surface area contributed by atoms with Gasteiger partial charge < -0.3 is 19.4 Å². The molecule has 0 aliphatic rings. The number of nitro benzene ring substituents is 1. The van der Waals surface area contributed by atoms with Gasteiger partial charge in [-0.2, -0.15) is 0 Å². The number of nitrogens with two attached hydrogens (primary N) is 1. The van der Waals surface area contributed by atoms with Crippen molar-refractivity contribution in [2.24, 2.45) is 0 Å². The summed E-state index contributed by atoms with van der Waals surface area (Å²) in [4.78, 5) is 22.4. The molecule has 2 heterocycles. The summed E-state index contributed by atoms with van der Waals surface area (Å²) in [6.45, 7) is 1.41. The SMILES string of the molecule is Cc1onc(-c2ccccc2)c1-c1nnc(COC(=O)c2ccc([N+](=O)[O-])cc2N)o1. The van der Waals surface area contributed by atoms with Crippen molar-refractivity contribution in [3.05, 3.63) is 75.9 Å². The zero-order valence-corrected chi connectivity index (χ0v) is 16.1. The van der Waals surface area contributed by atoms with E-state index in [1.807, 2.05) is 30.3 Å². The lowest BCUT2D eigenvalue weighted by molar-refractivity contribution is -0.384. The Morgan fingerprint density at radius 1 is 1.19 bits per heavy atom. The Morgan fingerprint density at radius 2 is 1.97 bits per heavy atom. The van der Waals surface area contributed by atoms with E-state index in [1.165, 1.54) is 6.07 Å². The Morgan fingerprint density at radius 3 is 2.68 bits per heavy atom. The van der Waals surface area contributed by atoms with Gasteiger partial charge in [-0.05, 0) is 13.0 Å². The maximum Gasteiger partial charge on any atom is 0.340 e. The van der Waals surface area contributed by atoms with Crippen LogP contribution < -0.4 is 5.73 Å². The van der Waals surface area contributed by atoms with E-state index in [0.29, 0.717) is 17.0 Å². The number of hydrogen-bond donors (Lipinski definition) is 1. The normalized spacial score (nSPS) is 10.7. The number of ether oxygens (including phenoxy) is 1. The second-order valence-corrected chi connectivity index (χ2v) is 6.43. The molecule has 0 amide bonds. The standard InChI is InChI=1S/C20H15N5O6/c1-11-17(18(24-31-11)12-5-3-2-4-6-12)19-23-22-16(30-19)10-29-20(26)14-8-7-13(25(27)28)9-15(14)21/h2-9H,10,21H2,1H3. The Kier molecular flexibility index (Phi) is 5.14. The second-order valence-electron chi connectivity index (χ2n) is 6.43. The van der Waals surface area contributed by atoms with E-state index in [1.54, 1.807) is 6.92 Å². The molecule has 11 nitrogen and oxygen atoms in total. The van der Waals surface area contributed by atoms with Crippen LogP contribution in [0.2, 0.25) is 0 Å². The Balaban J connectivity index is 1.50. The number of nitrogens with zero attached hydrogens (tertiary/aromatic N) is 4. The van der Waals surface area contributed by atoms with Gasteiger partial charge in [0, 0.05) is 17.7 Å². The van der Waals surface area contributed by atoms with E-state index in [0.717, 1.165) is 17.7 Å². The molecule has 0 aliphatic carbocycles. The maximum absolute atomic E-state index is 12.3. The summed E-state index contributed by atoms with van der Waals surface area (Å²) in [7, 11) is 0. The van der Waals surface area contributed by atoms with Gasteiger partial charge in [-0.3, -0.25) is 10.1 Å². The number of aromatic nitrogens is 3. The Hall–Kier alpha value is -4.54. The highest BCUT2D eigenvalue weighted by Gasteiger charge is 2.23. The number of nitro groups is 1. The van der Waals surface area contributed by atoms with Gasteiger partial charge in [-0.15, -0.1) is 10.2 Å². The lowest BCUT2D eigenvalue weighted by Gasteiger charge is -2.05. The highest BCUT2D eigenvalue weighted by molar-refractivity contribution is 5.95. The van der Waals surface area contributed by atoms with Crippen LogP contribution in [0.15, 0.2) is 57.5 Å². The Bertz CT molecular complexity index is 1260. The zero-order valence-electron chi connectivity index (χ0n) is 16.1. The van der Waals surface area contributed by atoms with E-state index in [-0.39, 0.29) is 35.3 Å². The molecule has 0 saturated heterocycles. The number of carbonyl (C=O) groups excluding carboxylic acids is 1. The number of anilines is 1. The number of esters is 1. The molecule has 156 valence electrons. The summed E-state index contributed by atoms with van der Waals surface area (Å²) < 4.78 is 16.0. The molecule has 0 saturated carbocycles. The van der Waals surface area contributed by atoms with Crippen LogP contribution in [0.25, 0.3) is 22.7 Å². The van der Waals surface area contributed by atoms with E-state index >= 15 is 0 Å². The van der Waals surface area contributed by atoms with E-state index < -0.39 is 10.9 Å². The fourth-order valence-electron chi connectivity index (χ4n) is 2.88. The van der Waals surface area contributed by atoms with Crippen molar-refractivity contribution in [1.82, 2.24) is 15.4 Å². The second kappa shape index (κ2) is 8.06. The summed E-state index contributed by atoms with van der Waals surface area (Å²) in [6, 6.07) is 12.8. The van der Waals surface area contributed by atoms with Gasteiger partial charge in [-0.1, -0.05) is 35.5 Å². The first kappa shape index (κ1) is 19.8. The van der Waals surface area contributed by atoms with Crippen LogP contribution in [0, 0.1) is 17.0 Å². The van der Waals surface area contributed by atoms with Crippen LogP contribution in [0.4, 0.5) is 11.4 Å². The van der Waals surface area contributed by atoms with Gasteiger partial charge in [0.1, 0.15) is 17.0 Å². The number of rotatable bonds is 6. The van der Waals surface area contributed by atoms with Gasteiger partial charge in [-0.25, -0.2) is 4.79 Å². The topological polar surface area (TPSA) is 160 Å². The largest absolute Gasteiger partial charge is 0.452 e. The van der Waals surface area contributed by atoms with Crippen LogP contribution in [0.1, 0.15) is 22.0 Å². The van der Waals surface area contributed by atoms with Gasteiger partial charge >= 0.3 is 5.97 Å². The monoisotopic (exact) mass is 421 g/mol. The lowest BCUT2D eigenvalue weighted by atomic mass is 10.1. The number of nitrogen functional groups attached to an aromatic ring is 1. The molecule has 0 aliphatic heterocycles. The summed E-state index contributed by atoms with van der Waals surface area (Å²) in [6.07, 6.45) is 0. The van der Waals surface area contributed by atoms with Crippen LogP contribution in [0.5, 0.6) is 0 Å². The molecule has 2 N–H and O–H groups in total. The van der Waals surface area contributed by atoms with E-state index in [4.69, 9.17) is 19.4 Å². The van der Waals surface area contributed by atoms with Gasteiger partial charge in [0.25, 0.3) is 17.5 Å². The average Bonchev–Trinajstić information content (AvgIpc) is 3.38. The van der Waals surface area contributed by atoms with Crippen LogP contribution in [-0.2, 0) is 11.3 Å². The third-order valence-corrected chi connectivity index (χ3v) is 4.38. The van der Waals surface area contributed by atoms with Crippen molar-refractivity contribution in [3.63, 3.8) is 0 Å². The van der Waals surface area contributed by atoms with Crippen molar-refractivity contribution in [3.8, 4) is 22.7 Å². The smallest absolute Gasteiger partial charge is 0.340 e. The summed E-state index contributed by atoms with van der Waals surface area (Å²) in [5, 5.41) is 22.7. The molecule has 4 rings (SSSR count). The maximum atomic E-state index is 12.3. The minimum absolute atomic E-state index is 0.00779. The fraction of sp³-hybridized carbons (Fsp3) is 0.100. The van der Waals surface area contributed by atoms with Crippen molar-refractivity contribution in [2.45, 2.75) is 13.5 Å². The van der Waals surface area contributed by atoms with Crippen molar-refractivity contribution >= 4 is 17.3 Å². The first-order valence-corrected chi connectivity index (χ1v) is 8.99. The number of aryl methyl sites for hydroxylation is 1. The summed E-state index contributed by atoms with van der Waals surface area (Å²) in [5.74, 6) is -0.0788. The van der Waals surface area contributed by atoms with Crippen molar-refractivity contribution < 1.29 is 23.4 Å². The van der Waals surface area contributed by atoms with Gasteiger partial charge in [0.2, 0.25) is 0 Å².